The van der Waals surface area contributed by atoms with Crippen molar-refractivity contribution in [3.63, 3.8) is 0 Å². The van der Waals surface area contributed by atoms with E-state index in [4.69, 9.17) is 4.52 Å². The van der Waals surface area contributed by atoms with Crippen LogP contribution in [-0.2, 0) is 6.54 Å². The van der Waals surface area contributed by atoms with Gasteiger partial charge in [-0.15, -0.1) is 24.0 Å². The predicted octanol–water partition coefficient (Wildman–Crippen LogP) is 4.27. The third kappa shape index (κ3) is 7.16. The lowest BCUT2D eigenvalue weighted by Gasteiger charge is -2.19. The van der Waals surface area contributed by atoms with Crippen LogP contribution >= 0.6 is 24.0 Å². The molecule has 0 radical (unpaired) electrons. The smallest absolute Gasteiger partial charge is 0.248 e. The summed E-state index contributed by atoms with van der Waals surface area (Å²) in [6.45, 7) is 5.79. The van der Waals surface area contributed by atoms with Gasteiger partial charge < -0.3 is 15.2 Å². The zero-order chi connectivity index (χ0) is 19.6. The normalized spacial score (nSPS) is 11.2. The quantitative estimate of drug-likeness (QED) is 0.272. The molecule has 1 heterocycles. The molecule has 0 saturated heterocycles. The molecular formula is C22H28IN5O. The van der Waals surface area contributed by atoms with Crippen LogP contribution in [0.5, 0.6) is 0 Å². The van der Waals surface area contributed by atoms with Gasteiger partial charge in [0.1, 0.15) is 6.54 Å². The van der Waals surface area contributed by atoms with Crippen LogP contribution in [0.3, 0.4) is 0 Å². The van der Waals surface area contributed by atoms with Crippen molar-refractivity contribution in [2.24, 2.45) is 4.99 Å². The maximum atomic E-state index is 5.13. The third-order valence-corrected chi connectivity index (χ3v) is 4.42. The zero-order valence-corrected chi connectivity index (χ0v) is 19.2. The number of nitrogens with one attached hydrogen (secondary N) is 2. The van der Waals surface area contributed by atoms with Gasteiger partial charge in [-0.05, 0) is 31.4 Å². The third-order valence-electron chi connectivity index (χ3n) is 4.42. The Morgan fingerprint density at radius 2 is 1.62 bits per heavy atom. The standard InChI is InChI=1S/C22H27N5O.HI/c1-3-23-22(25-16-21-26-17(2)27-28-21)24-15-14-20(18-10-6-4-7-11-18)19-12-8-5-9-13-19;/h4-13,20H,3,14-16H2,1-2H3,(H2,23,24,25);1H. The van der Waals surface area contributed by atoms with Crippen molar-refractivity contribution in [2.75, 3.05) is 13.1 Å². The maximum absolute atomic E-state index is 5.13. The monoisotopic (exact) mass is 505 g/mol. The highest BCUT2D eigenvalue weighted by Crippen LogP contribution is 2.27. The van der Waals surface area contributed by atoms with Crippen molar-refractivity contribution in [3.8, 4) is 0 Å². The first-order valence-electron chi connectivity index (χ1n) is 9.67. The Kier molecular flexibility index (Phi) is 9.63. The molecule has 0 atom stereocenters. The van der Waals surface area contributed by atoms with Crippen LogP contribution in [0, 0.1) is 6.92 Å². The highest BCUT2D eigenvalue weighted by molar-refractivity contribution is 14.0. The molecule has 2 N–H and O–H groups in total. The van der Waals surface area contributed by atoms with Gasteiger partial charge in [0.2, 0.25) is 5.89 Å². The Balaban J connectivity index is 0.00000300. The highest BCUT2D eigenvalue weighted by atomic mass is 127. The van der Waals surface area contributed by atoms with E-state index in [0.29, 0.717) is 24.2 Å². The fourth-order valence-corrected chi connectivity index (χ4v) is 3.12. The van der Waals surface area contributed by atoms with E-state index in [1.807, 2.05) is 6.92 Å². The van der Waals surface area contributed by atoms with Gasteiger partial charge >= 0.3 is 0 Å². The van der Waals surface area contributed by atoms with Gasteiger partial charge in [0.25, 0.3) is 0 Å². The van der Waals surface area contributed by atoms with Crippen molar-refractivity contribution in [3.05, 3.63) is 83.5 Å². The topological polar surface area (TPSA) is 75.3 Å². The average molecular weight is 505 g/mol. The second-order valence-electron chi connectivity index (χ2n) is 6.52. The van der Waals surface area contributed by atoms with Gasteiger partial charge in [-0.1, -0.05) is 65.8 Å². The fraction of sp³-hybridized carbons (Fsp3) is 0.318. The largest absolute Gasteiger partial charge is 0.357 e. The second kappa shape index (κ2) is 12.2. The number of aliphatic imine (C=N–C) groups is 1. The molecule has 0 aliphatic rings. The summed E-state index contributed by atoms with van der Waals surface area (Å²) in [6.07, 6.45) is 0.956. The number of guanidine groups is 1. The van der Waals surface area contributed by atoms with Crippen molar-refractivity contribution in [1.29, 1.82) is 0 Å². The maximum Gasteiger partial charge on any atom is 0.248 e. The molecule has 0 saturated carbocycles. The lowest BCUT2D eigenvalue weighted by atomic mass is 9.88. The summed E-state index contributed by atoms with van der Waals surface area (Å²) in [7, 11) is 0. The van der Waals surface area contributed by atoms with E-state index in [1.165, 1.54) is 11.1 Å². The van der Waals surface area contributed by atoms with Crippen LogP contribution in [0.2, 0.25) is 0 Å². The Morgan fingerprint density at radius 3 is 2.14 bits per heavy atom. The number of aromatic nitrogens is 2. The first kappa shape index (κ1) is 22.9. The van der Waals surface area contributed by atoms with Crippen LogP contribution < -0.4 is 10.6 Å². The van der Waals surface area contributed by atoms with E-state index in [9.17, 15) is 0 Å². The van der Waals surface area contributed by atoms with E-state index in [1.54, 1.807) is 6.92 Å². The van der Waals surface area contributed by atoms with Gasteiger partial charge in [-0.3, -0.25) is 0 Å². The number of rotatable bonds is 8. The summed E-state index contributed by atoms with van der Waals surface area (Å²) in [6, 6.07) is 21.2. The van der Waals surface area contributed by atoms with Gasteiger partial charge in [-0.25, -0.2) is 4.99 Å². The molecular weight excluding hydrogens is 477 g/mol. The number of halogens is 1. The van der Waals surface area contributed by atoms with Crippen molar-refractivity contribution in [1.82, 2.24) is 20.8 Å². The van der Waals surface area contributed by atoms with Gasteiger partial charge in [0, 0.05) is 19.0 Å². The minimum atomic E-state index is 0. The molecule has 0 aliphatic heterocycles. The van der Waals surface area contributed by atoms with E-state index in [2.05, 4.69) is 86.4 Å². The number of hydrogen-bond acceptors (Lipinski definition) is 4. The van der Waals surface area contributed by atoms with Crippen LogP contribution in [0.1, 0.15) is 42.1 Å². The Labute approximate surface area is 189 Å². The molecule has 0 spiro atoms. The summed E-state index contributed by atoms with van der Waals surface area (Å²) in [5.41, 5.74) is 2.64. The van der Waals surface area contributed by atoms with Crippen molar-refractivity contribution >= 4 is 29.9 Å². The highest BCUT2D eigenvalue weighted by Gasteiger charge is 2.13. The summed E-state index contributed by atoms with van der Waals surface area (Å²) in [5, 5.41) is 10.5. The van der Waals surface area contributed by atoms with Gasteiger partial charge in [-0.2, -0.15) is 4.98 Å². The average Bonchev–Trinajstić information content (AvgIpc) is 3.16. The molecule has 1 aromatic heterocycles. The minimum absolute atomic E-state index is 0. The number of hydrogen-bond donors (Lipinski definition) is 2. The summed E-state index contributed by atoms with van der Waals surface area (Å²) >= 11 is 0. The second-order valence-corrected chi connectivity index (χ2v) is 6.52. The lowest BCUT2D eigenvalue weighted by molar-refractivity contribution is 0.376. The molecule has 0 unspecified atom stereocenters. The zero-order valence-electron chi connectivity index (χ0n) is 16.8. The van der Waals surface area contributed by atoms with Crippen LogP contribution in [-0.4, -0.2) is 29.2 Å². The Morgan fingerprint density at radius 1 is 1.00 bits per heavy atom. The Hall–Kier alpha value is -2.42. The summed E-state index contributed by atoms with van der Waals surface area (Å²) < 4.78 is 5.13. The Bertz CT molecular complexity index is 828. The first-order chi connectivity index (χ1) is 13.8. The molecule has 0 bridgehead atoms. The lowest BCUT2D eigenvalue weighted by Crippen LogP contribution is -2.38. The number of nitrogens with zero attached hydrogens (tertiary/aromatic N) is 3. The molecule has 0 aliphatic carbocycles. The van der Waals surface area contributed by atoms with Crippen LogP contribution in [0.15, 0.2) is 70.2 Å². The SMILES string of the molecule is CCNC(=NCc1nc(C)no1)NCCC(c1ccccc1)c1ccccc1.I. The summed E-state index contributed by atoms with van der Waals surface area (Å²) in [5.74, 6) is 2.22. The molecule has 0 fully saturated rings. The molecule has 6 nitrogen and oxygen atoms in total. The van der Waals surface area contributed by atoms with E-state index >= 15 is 0 Å². The molecule has 0 amide bonds. The number of benzene rings is 2. The predicted molar refractivity (Wildman–Crippen MR) is 127 cm³/mol. The van der Waals surface area contributed by atoms with Gasteiger partial charge in [0.15, 0.2) is 11.8 Å². The first-order valence-corrected chi connectivity index (χ1v) is 9.67. The molecule has 3 rings (SSSR count). The molecule has 154 valence electrons. The van der Waals surface area contributed by atoms with E-state index in [-0.39, 0.29) is 24.0 Å². The van der Waals surface area contributed by atoms with Crippen LogP contribution in [0.25, 0.3) is 0 Å². The van der Waals surface area contributed by atoms with E-state index in [0.717, 1.165) is 25.5 Å². The molecule has 2 aromatic carbocycles. The van der Waals surface area contributed by atoms with Crippen molar-refractivity contribution in [2.45, 2.75) is 32.7 Å². The minimum Gasteiger partial charge on any atom is -0.357 e. The van der Waals surface area contributed by atoms with Gasteiger partial charge in [0.05, 0.1) is 0 Å². The van der Waals surface area contributed by atoms with Crippen molar-refractivity contribution < 1.29 is 4.52 Å². The molecule has 3 aromatic rings. The number of aryl methyl sites for hydroxylation is 1. The van der Waals surface area contributed by atoms with E-state index < -0.39 is 0 Å². The summed E-state index contributed by atoms with van der Waals surface area (Å²) in [4.78, 5) is 8.73. The molecule has 7 heteroatoms. The molecule has 29 heavy (non-hydrogen) atoms. The fourth-order valence-electron chi connectivity index (χ4n) is 3.12. The van der Waals surface area contributed by atoms with Crippen LogP contribution in [0.4, 0.5) is 0 Å².